The van der Waals surface area contributed by atoms with Crippen LogP contribution in [0.3, 0.4) is 0 Å². The fourth-order valence-corrected chi connectivity index (χ4v) is 3.85. The molecule has 4 heterocycles. The van der Waals surface area contributed by atoms with Gasteiger partial charge in [0, 0.05) is 45.5 Å². The maximum absolute atomic E-state index is 12.8. The van der Waals surface area contributed by atoms with Gasteiger partial charge in [0.15, 0.2) is 5.82 Å². The summed E-state index contributed by atoms with van der Waals surface area (Å²) >= 11 is 0. The Hall–Kier alpha value is -2.75. The van der Waals surface area contributed by atoms with Crippen molar-refractivity contribution in [3.63, 3.8) is 0 Å². The molecule has 10 nitrogen and oxygen atoms in total. The van der Waals surface area contributed by atoms with Gasteiger partial charge in [-0.25, -0.2) is 4.98 Å². The van der Waals surface area contributed by atoms with Gasteiger partial charge in [-0.2, -0.15) is 10.2 Å². The number of aromatic nitrogens is 5. The second-order valence-corrected chi connectivity index (χ2v) is 7.47. The Balaban J connectivity index is 1.51. The van der Waals surface area contributed by atoms with E-state index >= 15 is 0 Å². The Morgan fingerprint density at radius 1 is 1.29 bits per heavy atom. The van der Waals surface area contributed by atoms with Crippen molar-refractivity contribution in [1.82, 2.24) is 35.2 Å². The van der Waals surface area contributed by atoms with Crippen LogP contribution in [-0.4, -0.2) is 74.0 Å². The molecule has 4 rings (SSSR count). The summed E-state index contributed by atoms with van der Waals surface area (Å²) in [5, 5.41) is 14.5. The van der Waals surface area contributed by atoms with Crippen LogP contribution in [0.25, 0.3) is 0 Å². The number of rotatable bonds is 4. The monoisotopic (exact) mass is 387 g/mol. The van der Waals surface area contributed by atoms with Crippen LogP contribution in [-0.2, 0) is 16.6 Å². The minimum absolute atomic E-state index is 0.0118. The van der Waals surface area contributed by atoms with Crippen LogP contribution in [0, 0.1) is 12.8 Å². The predicted molar refractivity (Wildman–Crippen MR) is 98.4 cm³/mol. The number of nitrogens with one attached hydrogen (secondary N) is 2. The largest absolute Gasteiger partial charge is 0.381 e. The smallest absolute Gasteiger partial charge is 0.274 e. The number of H-pyrrole nitrogens is 1. The third-order valence-electron chi connectivity index (χ3n) is 5.41. The highest BCUT2D eigenvalue weighted by molar-refractivity contribution is 5.92. The van der Waals surface area contributed by atoms with Gasteiger partial charge in [0.2, 0.25) is 5.91 Å². The van der Waals surface area contributed by atoms with E-state index in [1.54, 1.807) is 28.9 Å². The van der Waals surface area contributed by atoms with Crippen molar-refractivity contribution in [2.45, 2.75) is 31.7 Å². The van der Waals surface area contributed by atoms with Gasteiger partial charge in [-0.15, -0.1) is 0 Å². The third-order valence-corrected chi connectivity index (χ3v) is 5.41. The van der Waals surface area contributed by atoms with E-state index in [0.29, 0.717) is 43.6 Å². The molecule has 2 aromatic rings. The average Bonchev–Trinajstić information content (AvgIpc) is 3.42. The fourth-order valence-electron chi connectivity index (χ4n) is 3.85. The summed E-state index contributed by atoms with van der Waals surface area (Å²) < 4.78 is 6.95. The van der Waals surface area contributed by atoms with Gasteiger partial charge in [0.1, 0.15) is 11.5 Å². The Morgan fingerprint density at radius 2 is 2.07 bits per heavy atom. The molecule has 0 saturated carbocycles. The maximum atomic E-state index is 12.8. The molecule has 2 aliphatic heterocycles. The number of carbonyl (C=O) groups is 2. The van der Waals surface area contributed by atoms with Crippen LogP contribution in [0.1, 0.15) is 40.9 Å². The number of aromatic amines is 1. The highest BCUT2D eigenvalue weighted by atomic mass is 16.5. The lowest BCUT2D eigenvalue weighted by molar-refractivity contribution is -0.128. The summed E-state index contributed by atoms with van der Waals surface area (Å²) in [5.41, 5.74) is 0.392. The first-order valence-electron chi connectivity index (χ1n) is 9.57. The van der Waals surface area contributed by atoms with Gasteiger partial charge in [0.05, 0.1) is 12.0 Å². The second-order valence-electron chi connectivity index (χ2n) is 7.47. The molecule has 2 amide bonds. The molecule has 150 valence electrons. The first-order valence-corrected chi connectivity index (χ1v) is 9.57. The van der Waals surface area contributed by atoms with Crippen LogP contribution >= 0.6 is 0 Å². The van der Waals surface area contributed by atoms with Crippen molar-refractivity contribution in [1.29, 1.82) is 0 Å². The molecule has 0 unspecified atom stereocenters. The highest BCUT2D eigenvalue weighted by Gasteiger charge is 2.40. The van der Waals surface area contributed by atoms with Gasteiger partial charge in [-0.05, 0) is 25.8 Å². The molecular weight excluding hydrogens is 362 g/mol. The number of hydrogen-bond acceptors (Lipinski definition) is 6. The molecule has 0 aromatic carbocycles. The lowest BCUT2D eigenvalue weighted by Crippen LogP contribution is -2.44. The summed E-state index contributed by atoms with van der Waals surface area (Å²) in [7, 11) is 1.77. The molecule has 0 aliphatic carbocycles. The Labute approximate surface area is 162 Å². The fraction of sp³-hybridized carbons (Fsp3) is 0.611. The molecular formula is C18H25N7O3. The molecule has 2 aromatic heterocycles. The summed E-state index contributed by atoms with van der Waals surface area (Å²) in [5.74, 6) is 0.966. The van der Waals surface area contributed by atoms with Crippen LogP contribution in [0.15, 0.2) is 12.3 Å². The highest BCUT2D eigenvalue weighted by Crippen LogP contribution is 2.27. The minimum Gasteiger partial charge on any atom is -0.381 e. The topological polar surface area (TPSA) is 118 Å². The van der Waals surface area contributed by atoms with E-state index in [-0.39, 0.29) is 29.7 Å². The van der Waals surface area contributed by atoms with Crippen molar-refractivity contribution in [3.8, 4) is 0 Å². The normalized spacial score (nSPS) is 23.1. The molecule has 10 heteroatoms. The number of amides is 2. The standard InChI is InChI=1S/C18H25N7O3/c1-11-19-16(22-21-11)13-9-25(18(27)14-3-6-24(2)23-14)10-15(13)20-17(26)12-4-7-28-8-5-12/h3,6,12-13,15H,4-5,7-10H2,1-2H3,(H,20,26)(H,19,21,22)/t13-,15-/m1/s1. The number of ether oxygens (including phenoxy) is 1. The first-order chi connectivity index (χ1) is 13.5. The van der Waals surface area contributed by atoms with Gasteiger partial charge in [-0.1, -0.05) is 0 Å². The molecule has 0 radical (unpaired) electrons. The summed E-state index contributed by atoms with van der Waals surface area (Å²) in [6.45, 7) is 3.89. The lowest BCUT2D eigenvalue weighted by Gasteiger charge is -2.24. The van der Waals surface area contributed by atoms with E-state index in [1.807, 2.05) is 6.92 Å². The van der Waals surface area contributed by atoms with E-state index in [0.717, 1.165) is 12.8 Å². The number of hydrogen-bond donors (Lipinski definition) is 2. The number of aryl methyl sites for hydroxylation is 2. The molecule has 0 bridgehead atoms. The zero-order chi connectivity index (χ0) is 19.7. The second kappa shape index (κ2) is 7.70. The van der Waals surface area contributed by atoms with Crippen molar-refractivity contribution in [2.24, 2.45) is 13.0 Å². The van der Waals surface area contributed by atoms with E-state index < -0.39 is 0 Å². The van der Waals surface area contributed by atoms with E-state index in [2.05, 4.69) is 25.6 Å². The van der Waals surface area contributed by atoms with E-state index in [4.69, 9.17) is 4.74 Å². The molecule has 2 atom stereocenters. The van der Waals surface area contributed by atoms with Crippen molar-refractivity contribution in [3.05, 3.63) is 29.6 Å². The van der Waals surface area contributed by atoms with Crippen LogP contribution in [0.4, 0.5) is 0 Å². The van der Waals surface area contributed by atoms with Gasteiger partial charge in [-0.3, -0.25) is 19.4 Å². The molecule has 2 aliphatic rings. The Morgan fingerprint density at radius 3 is 2.71 bits per heavy atom. The number of likely N-dealkylation sites (tertiary alicyclic amines) is 1. The van der Waals surface area contributed by atoms with Gasteiger partial charge in [0.25, 0.3) is 5.91 Å². The Kier molecular flexibility index (Phi) is 5.12. The van der Waals surface area contributed by atoms with E-state index in [1.165, 1.54) is 0 Å². The van der Waals surface area contributed by atoms with Gasteiger partial charge < -0.3 is 15.0 Å². The van der Waals surface area contributed by atoms with Crippen molar-refractivity contribution >= 4 is 11.8 Å². The Bertz CT molecular complexity index is 855. The van der Waals surface area contributed by atoms with Crippen LogP contribution in [0.5, 0.6) is 0 Å². The van der Waals surface area contributed by atoms with Crippen LogP contribution < -0.4 is 5.32 Å². The maximum Gasteiger partial charge on any atom is 0.274 e. The predicted octanol–water partition coefficient (Wildman–Crippen LogP) is -0.00238. The molecule has 28 heavy (non-hydrogen) atoms. The summed E-state index contributed by atoms with van der Waals surface area (Å²) in [6.07, 6.45) is 3.18. The average molecular weight is 387 g/mol. The van der Waals surface area contributed by atoms with Gasteiger partial charge >= 0.3 is 0 Å². The first kappa shape index (κ1) is 18.6. The SMILES string of the molecule is Cc1nc([C@@H]2CN(C(=O)c3ccn(C)n3)C[C@H]2NC(=O)C2CCOCC2)n[nH]1. The molecule has 2 fully saturated rings. The number of carbonyl (C=O) groups excluding carboxylic acids is 2. The number of nitrogens with zero attached hydrogens (tertiary/aromatic N) is 5. The van der Waals surface area contributed by atoms with Crippen LogP contribution in [0.2, 0.25) is 0 Å². The molecule has 2 saturated heterocycles. The van der Waals surface area contributed by atoms with Crippen molar-refractivity contribution in [2.75, 3.05) is 26.3 Å². The summed E-state index contributed by atoms with van der Waals surface area (Å²) in [6, 6.07) is 1.46. The molecule has 2 N–H and O–H groups in total. The minimum atomic E-state index is -0.238. The van der Waals surface area contributed by atoms with E-state index in [9.17, 15) is 9.59 Å². The third kappa shape index (κ3) is 3.77. The lowest BCUT2D eigenvalue weighted by atomic mass is 9.97. The zero-order valence-electron chi connectivity index (χ0n) is 16.1. The zero-order valence-corrected chi connectivity index (χ0v) is 16.1. The molecule has 0 spiro atoms. The quantitative estimate of drug-likeness (QED) is 0.762. The van der Waals surface area contributed by atoms with Crippen molar-refractivity contribution < 1.29 is 14.3 Å². The summed E-state index contributed by atoms with van der Waals surface area (Å²) in [4.78, 5) is 31.8.